The molecule has 1 unspecified atom stereocenters. The van der Waals surface area contributed by atoms with Crippen molar-refractivity contribution in [3.8, 4) is 5.75 Å². The van der Waals surface area contributed by atoms with Gasteiger partial charge in [0.2, 0.25) is 5.91 Å². The van der Waals surface area contributed by atoms with Gasteiger partial charge in [0.15, 0.2) is 0 Å². The van der Waals surface area contributed by atoms with Crippen LogP contribution in [0.15, 0.2) is 48.5 Å². The Morgan fingerprint density at radius 3 is 2.44 bits per heavy atom. The van der Waals surface area contributed by atoms with E-state index < -0.39 is 21.8 Å². The zero-order chi connectivity index (χ0) is 19.2. The Labute approximate surface area is 166 Å². The highest BCUT2D eigenvalue weighted by Crippen LogP contribution is 2.22. The molecule has 2 aromatic carbocycles. The highest BCUT2D eigenvalue weighted by atomic mass is 35.5. The van der Waals surface area contributed by atoms with E-state index in [2.05, 4.69) is 5.32 Å². The van der Waals surface area contributed by atoms with Gasteiger partial charge >= 0.3 is 0 Å². The normalized spacial score (nSPS) is 12.0. The van der Waals surface area contributed by atoms with E-state index in [1.807, 2.05) is 43.3 Å². The molecule has 1 amide bonds. The van der Waals surface area contributed by atoms with Crippen LogP contribution in [0.1, 0.15) is 17.5 Å². The smallest absolute Gasteiger partial charge is 0.241 e. The van der Waals surface area contributed by atoms with Crippen LogP contribution in [0.2, 0.25) is 0 Å². The number of sulfone groups is 1. The van der Waals surface area contributed by atoms with Crippen LogP contribution >= 0.6 is 12.4 Å². The maximum Gasteiger partial charge on any atom is 0.241 e. The number of carbonyl (C=O) groups is 1. The monoisotopic (exact) mass is 412 g/mol. The summed E-state index contributed by atoms with van der Waals surface area (Å²) in [4.78, 5) is 12.1. The SMILES string of the molecule is Cc1cc(OCc2ccccc2)ccc1NC(=O)C(N)CCS(C)(=O)=O.Cl. The van der Waals surface area contributed by atoms with Gasteiger partial charge in [-0.3, -0.25) is 4.79 Å². The van der Waals surface area contributed by atoms with Gasteiger partial charge in [-0.1, -0.05) is 30.3 Å². The lowest BCUT2D eigenvalue weighted by Crippen LogP contribution is -2.37. The van der Waals surface area contributed by atoms with Crippen molar-refractivity contribution in [2.45, 2.75) is 26.0 Å². The van der Waals surface area contributed by atoms with Crippen molar-refractivity contribution < 1.29 is 17.9 Å². The Bertz CT molecular complexity index is 857. The van der Waals surface area contributed by atoms with Crippen LogP contribution < -0.4 is 15.8 Å². The summed E-state index contributed by atoms with van der Waals surface area (Å²) in [5.74, 6) is 0.174. The zero-order valence-electron chi connectivity index (χ0n) is 15.3. The molecule has 0 aliphatic rings. The van der Waals surface area contributed by atoms with E-state index in [0.29, 0.717) is 18.0 Å². The second-order valence-electron chi connectivity index (χ2n) is 6.27. The summed E-state index contributed by atoms with van der Waals surface area (Å²) in [6, 6.07) is 14.3. The number of nitrogens with two attached hydrogens (primary N) is 1. The summed E-state index contributed by atoms with van der Waals surface area (Å²) < 4.78 is 28.1. The molecule has 8 heteroatoms. The van der Waals surface area contributed by atoms with Crippen LogP contribution in [0.25, 0.3) is 0 Å². The van der Waals surface area contributed by atoms with E-state index >= 15 is 0 Å². The molecule has 2 aromatic rings. The van der Waals surface area contributed by atoms with Crippen molar-refractivity contribution in [3.63, 3.8) is 0 Å². The Kier molecular flexibility index (Phi) is 8.75. The van der Waals surface area contributed by atoms with Crippen molar-refractivity contribution >= 4 is 33.8 Å². The van der Waals surface area contributed by atoms with Gasteiger partial charge in [0.25, 0.3) is 0 Å². The molecule has 0 saturated carbocycles. The first-order valence-electron chi connectivity index (χ1n) is 8.26. The van der Waals surface area contributed by atoms with Crippen LogP contribution in [-0.2, 0) is 21.2 Å². The predicted octanol–water partition coefficient (Wildman–Crippen LogP) is 2.70. The van der Waals surface area contributed by atoms with Crippen molar-refractivity contribution in [1.29, 1.82) is 0 Å². The average molecular weight is 413 g/mol. The predicted molar refractivity (Wildman–Crippen MR) is 110 cm³/mol. The maximum absolute atomic E-state index is 12.1. The number of aryl methyl sites for hydroxylation is 1. The van der Waals surface area contributed by atoms with Gasteiger partial charge in [-0.05, 0) is 42.7 Å². The van der Waals surface area contributed by atoms with Crippen LogP contribution in [0.4, 0.5) is 5.69 Å². The summed E-state index contributed by atoms with van der Waals surface area (Å²) in [6.45, 7) is 2.31. The topological polar surface area (TPSA) is 98.5 Å². The van der Waals surface area contributed by atoms with E-state index in [9.17, 15) is 13.2 Å². The van der Waals surface area contributed by atoms with Gasteiger partial charge in [-0.25, -0.2) is 8.42 Å². The highest BCUT2D eigenvalue weighted by Gasteiger charge is 2.17. The van der Waals surface area contributed by atoms with Crippen molar-refractivity contribution in [2.24, 2.45) is 5.73 Å². The molecule has 0 fully saturated rings. The van der Waals surface area contributed by atoms with Crippen molar-refractivity contribution in [2.75, 3.05) is 17.3 Å². The van der Waals surface area contributed by atoms with Gasteiger partial charge in [-0.15, -0.1) is 12.4 Å². The first-order valence-corrected chi connectivity index (χ1v) is 10.3. The maximum atomic E-state index is 12.1. The number of nitrogens with one attached hydrogen (secondary N) is 1. The lowest BCUT2D eigenvalue weighted by atomic mass is 10.1. The van der Waals surface area contributed by atoms with E-state index in [1.165, 1.54) is 0 Å². The van der Waals surface area contributed by atoms with E-state index in [4.69, 9.17) is 10.5 Å². The molecule has 0 spiro atoms. The lowest BCUT2D eigenvalue weighted by molar-refractivity contribution is -0.117. The minimum atomic E-state index is -3.15. The summed E-state index contributed by atoms with van der Waals surface area (Å²) in [6.07, 6.45) is 1.21. The van der Waals surface area contributed by atoms with Gasteiger partial charge in [0, 0.05) is 11.9 Å². The van der Waals surface area contributed by atoms with Gasteiger partial charge < -0.3 is 15.8 Å². The van der Waals surface area contributed by atoms with Crippen LogP contribution in [0.5, 0.6) is 5.75 Å². The van der Waals surface area contributed by atoms with Crippen LogP contribution in [-0.4, -0.2) is 32.4 Å². The highest BCUT2D eigenvalue weighted by molar-refractivity contribution is 7.90. The molecular formula is C19H25ClN2O4S. The number of benzene rings is 2. The summed E-state index contributed by atoms with van der Waals surface area (Å²) in [5, 5.41) is 2.73. The largest absolute Gasteiger partial charge is 0.489 e. The third-order valence-corrected chi connectivity index (χ3v) is 4.82. The van der Waals surface area contributed by atoms with Crippen LogP contribution in [0, 0.1) is 6.92 Å². The Hall–Kier alpha value is -2.09. The second-order valence-corrected chi connectivity index (χ2v) is 8.53. The quantitative estimate of drug-likeness (QED) is 0.694. The fourth-order valence-electron chi connectivity index (χ4n) is 2.30. The number of hydrogen-bond donors (Lipinski definition) is 2. The molecule has 3 N–H and O–H groups in total. The zero-order valence-corrected chi connectivity index (χ0v) is 17.0. The molecule has 0 aromatic heterocycles. The van der Waals surface area contributed by atoms with E-state index in [0.717, 1.165) is 17.4 Å². The summed E-state index contributed by atoms with van der Waals surface area (Å²) in [5.41, 5.74) is 8.29. The number of halogens is 1. The second kappa shape index (κ2) is 10.3. The molecule has 27 heavy (non-hydrogen) atoms. The van der Waals surface area contributed by atoms with E-state index in [-0.39, 0.29) is 24.6 Å². The summed E-state index contributed by atoms with van der Waals surface area (Å²) >= 11 is 0. The fourth-order valence-corrected chi connectivity index (χ4v) is 2.99. The van der Waals surface area contributed by atoms with Gasteiger partial charge in [0.1, 0.15) is 22.2 Å². The molecule has 148 valence electrons. The van der Waals surface area contributed by atoms with E-state index in [1.54, 1.807) is 12.1 Å². The number of carbonyl (C=O) groups excluding carboxylic acids is 1. The molecule has 6 nitrogen and oxygen atoms in total. The molecule has 2 rings (SSSR count). The molecule has 1 atom stereocenters. The molecule has 0 aliphatic heterocycles. The number of hydrogen-bond acceptors (Lipinski definition) is 5. The number of amides is 1. The third-order valence-electron chi connectivity index (χ3n) is 3.84. The molecule has 0 bridgehead atoms. The Morgan fingerprint density at radius 2 is 1.85 bits per heavy atom. The minimum Gasteiger partial charge on any atom is -0.489 e. The van der Waals surface area contributed by atoms with Crippen LogP contribution in [0.3, 0.4) is 0 Å². The van der Waals surface area contributed by atoms with Crippen molar-refractivity contribution in [3.05, 3.63) is 59.7 Å². The Morgan fingerprint density at radius 1 is 1.19 bits per heavy atom. The standard InChI is InChI=1S/C19H24N2O4S.ClH/c1-14-12-16(25-13-15-6-4-3-5-7-15)8-9-18(14)21-19(22)17(20)10-11-26(2,23)24;/h3-9,12,17H,10-11,13,20H2,1-2H3,(H,21,22);1H. The lowest BCUT2D eigenvalue weighted by Gasteiger charge is -2.14. The first-order chi connectivity index (χ1) is 12.2. The molecule has 0 radical (unpaired) electrons. The number of rotatable bonds is 8. The van der Waals surface area contributed by atoms with Crippen molar-refractivity contribution in [1.82, 2.24) is 0 Å². The number of ether oxygens (including phenoxy) is 1. The molecule has 0 heterocycles. The Balaban J connectivity index is 0.00000364. The summed E-state index contributed by atoms with van der Waals surface area (Å²) in [7, 11) is -3.15. The van der Waals surface area contributed by atoms with Gasteiger partial charge in [0.05, 0.1) is 11.8 Å². The first kappa shape index (κ1) is 23.0. The number of anilines is 1. The molecule has 0 aliphatic carbocycles. The molecular weight excluding hydrogens is 388 g/mol. The third kappa shape index (κ3) is 7.99. The fraction of sp³-hybridized carbons (Fsp3) is 0.316. The average Bonchev–Trinajstić information content (AvgIpc) is 2.60. The molecule has 0 saturated heterocycles. The minimum absolute atomic E-state index is 0. The van der Waals surface area contributed by atoms with Gasteiger partial charge in [-0.2, -0.15) is 0 Å².